The normalized spacial score (nSPS) is 11.9. The molecule has 4 aromatic rings. The fraction of sp³-hybridized carbons (Fsp3) is 0.200. The molecule has 2 aromatic carbocycles. The average molecular weight is 494 g/mol. The van der Waals surface area contributed by atoms with E-state index in [-0.39, 0.29) is 32.9 Å². The number of benzene rings is 2. The number of aryl methyl sites for hydroxylation is 1. The molecule has 1 N–H and O–H groups in total. The third kappa shape index (κ3) is 5.08. The van der Waals surface area contributed by atoms with E-state index < -0.39 is 10.0 Å². The Morgan fingerprint density at radius 1 is 0.853 bits per heavy atom. The average Bonchev–Trinajstić information content (AvgIpc) is 2.80. The monoisotopic (exact) mass is 493 g/mol. The van der Waals surface area contributed by atoms with Gasteiger partial charge >= 0.3 is 0 Å². The van der Waals surface area contributed by atoms with Gasteiger partial charge in [0, 0.05) is 12.4 Å². The third-order valence-electron chi connectivity index (χ3n) is 5.23. The van der Waals surface area contributed by atoms with Crippen molar-refractivity contribution in [1.29, 1.82) is 0 Å². The molecular formula is C25H24ClN5O2S. The van der Waals surface area contributed by atoms with E-state index in [1.54, 1.807) is 30.6 Å². The lowest BCUT2D eigenvalue weighted by Gasteiger charge is -2.19. The second-order valence-corrected chi connectivity index (χ2v) is 10.9. The highest BCUT2D eigenvalue weighted by Crippen LogP contribution is 2.35. The largest absolute Gasteiger partial charge is 0.263 e. The van der Waals surface area contributed by atoms with Gasteiger partial charge in [-0.05, 0) is 41.7 Å². The van der Waals surface area contributed by atoms with Gasteiger partial charge in [-0.3, -0.25) is 4.72 Å². The van der Waals surface area contributed by atoms with Crippen molar-refractivity contribution in [3.63, 3.8) is 0 Å². The zero-order valence-electron chi connectivity index (χ0n) is 19.2. The number of anilines is 1. The summed E-state index contributed by atoms with van der Waals surface area (Å²) in [4.78, 5) is 17.2. The minimum absolute atomic E-state index is 0.0474. The lowest BCUT2D eigenvalue weighted by atomic mass is 9.87. The molecule has 4 rings (SSSR count). The maximum absolute atomic E-state index is 13.3. The summed E-state index contributed by atoms with van der Waals surface area (Å²) in [6.45, 7) is 8.17. The Morgan fingerprint density at radius 3 is 2.06 bits per heavy atom. The van der Waals surface area contributed by atoms with Gasteiger partial charge in [0.15, 0.2) is 11.6 Å². The summed E-state index contributed by atoms with van der Waals surface area (Å²) < 4.78 is 29.2. The molecule has 174 valence electrons. The maximum atomic E-state index is 13.3. The Labute approximate surface area is 204 Å². The summed E-state index contributed by atoms with van der Waals surface area (Å²) >= 11 is 6.56. The molecule has 0 amide bonds. The molecule has 2 heterocycles. The highest BCUT2D eigenvalue weighted by molar-refractivity contribution is 7.92. The molecule has 0 radical (unpaired) electrons. The first-order chi connectivity index (χ1) is 16.0. The number of sulfonamides is 1. The fourth-order valence-corrected chi connectivity index (χ4v) is 4.61. The molecule has 0 aliphatic rings. The number of hydrogen-bond acceptors (Lipinski definition) is 6. The first-order valence-corrected chi connectivity index (χ1v) is 12.5. The van der Waals surface area contributed by atoms with Crippen molar-refractivity contribution in [2.45, 2.75) is 38.0 Å². The zero-order chi connectivity index (χ0) is 24.5. The summed E-state index contributed by atoms with van der Waals surface area (Å²) in [6.07, 6.45) is 3.10. The van der Waals surface area contributed by atoms with Gasteiger partial charge in [-0.1, -0.05) is 74.3 Å². The standard InChI is InChI=1S/C25H24ClN5O2S/c1-16-6-8-17(9-7-16)20-21(26)29-24(23-27-14-5-15-28-23)30-22(20)31-34(32,33)19-12-10-18(11-13-19)25(2,3)4/h5-15H,1-4H3,(H,29,30,31). The Kier molecular flexibility index (Phi) is 6.38. The third-order valence-corrected chi connectivity index (χ3v) is 6.86. The molecule has 0 saturated heterocycles. The van der Waals surface area contributed by atoms with E-state index in [9.17, 15) is 8.42 Å². The van der Waals surface area contributed by atoms with E-state index in [1.807, 2.05) is 43.3 Å². The summed E-state index contributed by atoms with van der Waals surface area (Å²) in [5, 5.41) is 0.0853. The fourth-order valence-electron chi connectivity index (χ4n) is 3.32. The first kappa shape index (κ1) is 23.8. The van der Waals surface area contributed by atoms with Gasteiger partial charge in [0.05, 0.1) is 10.5 Å². The molecule has 0 unspecified atom stereocenters. The van der Waals surface area contributed by atoms with Crippen molar-refractivity contribution >= 4 is 27.4 Å². The van der Waals surface area contributed by atoms with Crippen LogP contribution in [0.15, 0.2) is 71.9 Å². The van der Waals surface area contributed by atoms with Crippen molar-refractivity contribution in [3.05, 3.63) is 83.3 Å². The molecular weight excluding hydrogens is 470 g/mol. The van der Waals surface area contributed by atoms with Gasteiger partial charge in [0.2, 0.25) is 5.82 Å². The Hall–Kier alpha value is -3.36. The smallest absolute Gasteiger partial charge is 0.263 e. The van der Waals surface area contributed by atoms with Crippen LogP contribution in [0.2, 0.25) is 5.15 Å². The lowest BCUT2D eigenvalue weighted by Crippen LogP contribution is -2.17. The summed E-state index contributed by atoms with van der Waals surface area (Å²) in [5.41, 5.74) is 3.03. The van der Waals surface area contributed by atoms with E-state index in [2.05, 4.69) is 45.4 Å². The predicted molar refractivity (Wildman–Crippen MR) is 134 cm³/mol. The number of nitrogens with one attached hydrogen (secondary N) is 1. The molecule has 0 fully saturated rings. The molecule has 34 heavy (non-hydrogen) atoms. The molecule has 9 heteroatoms. The SMILES string of the molecule is Cc1ccc(-c2c(Cl)nc(-c3ncccn3)nc2NS(=O)(=O)c2ccc(C(C)(C)C)cc2)cc1. The molecule has 0 aliphatic carbocycles. The topological polar surface area (TPSA) is 97.7 Å². The quantitative estimate of drug-likeness (QED) is 0.360. The molecule has 7 nitrogen and oxygen atoms in total. The predicted octanol–water partition coefficient (Wildman–Crippen LogP) is 5.66. The highest BCUT2D eigenvalue weighted by Gasteiger charge is 2.23. The van der Waals surface area contributed by atoms with E-state index in [4.69, 9.17) is 11.6 Å². The van der Waals surface area contributed by atoms with Gasteiger partial charge in [-0.15, -0.1) is 0 Å². The zero-order valence-corrected chi connectivity index (χ0v) is 20.8. The highest BCUT2D eigenvalue weighted by atomic mass is 35.5. The Bertz CT molecular complexity index is 1420. The Morgan fingerprint density at radius 2 is 1.47 bits per heavy atom. The van der Waals surface area contributed by atoms with Gasteiger partial charge in [0.25, 0.3) is 10.0 Å². The molecule has 0 bridgehead atoms. The number of nitrogens with zero attached hydrogens (tertiary/aromatic N) is 4. The van der Waals surface area contributed by atoms with Crippen LogP contribution >= 0.6 is 11.6 Å². The minimum atomic E-state index is -3.97. The second kappa shape index (κ2) is 9.12. The van der Waals surface area contributed by atoms with Gasteiger partial charge in [0.1, 0.15) is 5.15 Å². The van der Waals surface area contributed by atoms with Crippen molar-refractivity contribution in [2.24, 2.45) is 0 Å². The molecule has 0 atom stereocenters. The van der Waals surface area contributed by atoms with E-state index in [0.29, 0.717) is 11.1 Å². The maximum Gasteiger partial charge on any atom is 0.263 e. The van der Waals surface area contributed by atoms with Crippen molar-refractivity contribution in [2.75, 3.05) is 4.72 Å². The first-order valence-electron chi connectivity index (χ1n) is 10.6. The number of aromatic nitrogens is 4. The summed E-state index contributed by atoms with van der Waals surface area (Å²) in [5.74, 6) is 0.392. The van der Waals surface area contributed by atoms with E-state index >= 15 is 0 Å². The molecule has 0 spiro atoms. The van der Waals surface area contributed by atoms with E-state index in [1.165, 1.54) is 0 Å². The van der Waals surface area contributed by atoms with Crippen molar-refractivity contribution in [3.8, 4) is 22.8 Å². The van der Waals surface area contributed by atoms with Gasteiger partial charge in [-0.25, -0.2) is 28.4 Å². The van der Waals surface area contributed by atoms with Crippen LogP contribution in [0.4, 0.5) is 5.82 Å². The van der Waals surface area contributed by atoms with Gasteiger partial charge < -0.3 is 0 Å². The van der Waals surface area contributed by atoms with Crippen LogP contribution in [0.3, 0.4) is 0 Å². The molecule has 0 aliphatic heterocycles. The van der Waals surface area contributed by atoms with Crippen molar-refractivity contribution in [1.82, 2.24) is 19.9 Å². The summed E-state index contributed by atoms with van der Waals surface area (Å²) in [7, 11) is -3.97. The summed E-state index contributed by atoms with van der Waals surface area (Å²) in [6, 6.07) is 15.9. The van der Waals surface area contributed by atoms with Gasteiger partial charge in [-0.2, -0.15) is 0 Å². The van der Waals surface area contributed by atoms with Crippen molar-refractivity contribution < 1.29 is 8.42 Å². The van der Waals surface area contributed by atoms with Crippen LogP contribution in [-0.4, -0.2) is 28.4 Å². The number of hydrogen-bond donors (Lipinski definition) is 1. The molecule has 2 aromatic heterocycles. The van der Waals surface area contributed by atoms with E-state index in [0.717, 1.165) is 11.1 Å². The van der Waals surface area contributed by atoms with Crippen LogP contribution < -0.4 is 4.72 Å². The van der Waals surface area contributed by atoms with Crippen LogP contribution in [0.25, 0.3) is 22.8 Å². The number of rotatable bonds is 5. The van der Waals surface area contributed by atoms with Crippen LogP contribution in [0.5, 0.6) is 0 Å². The van der Waals surface area contributed by atoms with Crippen LogP contribution in [-0.2, 0) is 15.4 Å². The van der Waals surface area contributed by atoms with Crippen LogP contribution in [0.1, 0.15) is 31.9 Å². The lowest BCUT2D eigenvalue weighted by molar-refractivity contribution is 0.587. The minimum Gasteiger partial charge on any atom is -0.263 e. The Balaban J connectivity index is 1.82. The second-order valence-electron chi connectivity index (χ2n) is 8.88. The number of halogens is 1. The molecule has 0 saturated carbocycles. The van der Waals surface area contributed by atoms with Crippen LogP contribution in [0, 0.1) is 6.92 Å².